The Morgan fingerprint density at radius 3 is 2.55 bits per heavy atom. The van der Waals surface area contributed by atoms with Gasteiger partial charge in [-0.3, -0.25) is 4.99 Å². The van der Waals surface area contributed by atoms with Gasteiger partial charge in [0.1, 0.15) is 0 Å². The van der Waals surface area contributed by atoms with Gasteiger partial charge in [-0.15, -0.1) is 0 Å². The van der Waals surface area contributed by atoms with Crippen molar-refractivity contribution < 1.29 is 13.2 Å². The van der Waals surface area contributed by atoms with Gasteiger partial charge in [0, 0.05) is 45.2 Å². The van der Waals surface area contributed by atoms with Gasteiger partial charge in [0.15, 0.2) is 5.96 Å². The van der Waals surface area contributed by atoms with Crippen molar-refractivity contribution >= 4 is 16.0 Å². The molecular formula is C21H34N4O3S. The first-order valence-electron chi connectivity index (χ1n) is 10.4. The molecule has 1 heterocycles. The monoisotopic (exact) mass is 422 g/mol. The summed E-state index contributed by atoms with van der Waals surface area (Å²) in [4.78, 5) is 6.60. The molecule has 1 aliphatic heterocycles. The molecule has 8 heteroatoms. The van der Waals surface area contributed by atoms with Gasteiger partial charge in [-0.05, 0) is 38.3 Å². The van der Waals surface area contributed by atoms with E-state index in [4.69, 9.17) is 4.74 Å². The number of piperazine rings is 1. The SMILES string of the molecule is CN=C(NC1CC1c1ccccc1C)N1CCN(S(=O)(=O)CCOC(C)C)CC1. The highest BCUT2D eigenvalue weighted by atomic mass is 32.2. The minimum absolute atomic E-state index is 0.0400. The maximum absolute atomic E-state index is 12.5. The van der Waals surface area contributed by atoms with E-state index in [2.05, 4.69) is 46.4 Å². The Balaban J connectivity index is 1.49. The Kier molecular flexibility index (Phi) is 7.19. The van der Waals surface area contributed by atoms with Gasteiger partial charge in [0.05, 0.1) is 18.5 Å². The van der Waals surface area contributed by atoms with Gasteiger partial charge in [0.25, 0.3) is 0 Å². The van der Waals surface area contributed by atoms with E-state index < -0.39 is 10.0 Å². The first kappa shape index (κ1) is 22.1. The quantitative estimate of drug-likeness (QED) is 0.536. The molecule has 1 N–H and O–H groups in total. The molecule has 2 unspecified atom stereocenters. The molecule has 0 bridgehead atoms. The van der Waals surface area contributed by atoms with Crippen LogP contribution < -0.4 is 5.32 Å². The van der Waals surface area contributed by atoms with E-state index >= 15 is 0 Å². The van der Waals surface area contributed by atoms with Crippen LogP contribution in [0.4, 0.5) is 0 Å². The summed E-state index contributed by atoms with van der Waals surface area (Å²) >= 11 is 0. The van der Waals surface area contributed by atoms with Crippen LogP contribution in [-0.2, 0) is 14.8 Å². The van der Waals surface area contributed by atoms with Crippen LogP contribution in [0.2, 0.25) is 0 Å². The largest absolute Gasteiger partial charge is 0.378 e. The lowest BCUT2D eigenvalue weighted by Crippen LogP contribution is -2.54. The molecule has 1 aromatic rings. The molecule has 7 nitrogen and oxygen atoms in total. The van der Waals surface area contributed by atoms with Crippen molar-refractivity contribution in [3.63, 3.8) is 0 Å². The number of benzene rings is 1. The van der Waals surface area contributed by atoms with Crippen LogP contribution in [0.5, 0.6) is 0 Å². The molecule has 2 fully saturated rings. The van der Waals surface area contributed by atoms with E-state index in [-0.39, 0.29) is 18.5 Å². The zero-order chi connectivity index (χ0) is 21.0. The topological polar surface area (TPSA) is 74.2 Å². The number of nitrogens with zero attached hydrogens (tertiary/aromatic N) is 3. The molecule has 0 radical (unpaired) electrons. The third-order valence-corrected chi connectivity index (χ3v) is 7.46. The van der Waals surface area contributed by atoms with Crippen LogP contribution in [0.15, 0.2) is 29.3 Å². The van der Waals surface area contributed by atoms with Crippen LogP contribution in [0.1, 0.15) is 37.3 Å². The van der Waals surface area contributed by atoms with Crippen LogP contribution >= 0.6 is 0 Å². The van der Waals surface area contributed by atoms with Crippen molar-refractivity contribution in [2.75, 3.05) is 45.6 Å². The summed E-state index contributed by atoms with van der Waals surface area (Å²) in [7, 11) is -1.48. The number of ether oxygens (including phenoxy) is 1. The Morgan fingerprint density at radius 1 is 1.24 bits per heavy atom. The molecule has 1 saturated carbocycles. The number of hydrogen-bond donors (Lipinski definition) is 1. The second-order valence-electron chi connectivity index (χ2n) is 8.12. The Morgan fingerprint density at radius 2 is 1.93 bits per heavy atom. The van der Waals surface area contributed by atoms with E-state index in [1.165, 1.54) is 11.1 Å². The lowest BCUT2D eigenvalue weighted by atomic mass is 10.0. The molecule has 29 heavy (non-hydrogen) atoms. The van der Waals surface area contributed by atoms with Crippen LogP contribution in [0, 0.1) is 6.92 Å². The highest BCUT2D eigenvalue weighted by molar-refractivity contribution is 7.89. The first-order valence-corrected chi connectivity index (χ1v) is 12.1. The standard InChI is InChI=1S/C21H34N4O3S/c1-16(2)28-13-14-29(26,27)25-11-9-24(10-12-25)21(22-4)23-20-15-19(20)18-8-6-5-7-17(18)3/h5-8,16,19-20H,9-15H2,1-4H3,(H,22,23). The number of rotatable bonds is 7. The van der Waals surface area contributed by atoms with Gasteiger partial charge in [-0.2, -0.15) is 4.31 Å². The summed E-state index contributed by atoms with van der Waals surface area (Å²) in [6.07, 6.45) is 1.15. The molecule has 162 valence electrons. The molecule has 0 spiro atoms. The molecule has 2 aliphatic rings. The van der Waals surface area contributed by atoms with Crippen LogP contribution in [-0.4, -0.2) is 81.3 Å². The first-order chi connectivity index (χ1) is 13.8. The summed E-state index contributed by atoms with van der Waals surface area (Å²) < 4.78 is 32.0. The Bertz CT molecular complexity index is 817. The number of hydrogen-bond acceptors (Lipinski definition) is 4. The zero-order valence-corrected chi connectivity index (χ0v) is 18.8. The summed E-state index contributed by atoms with van der Waals surface area (Å²) in [6, 6.07) is 8.93. The lowest BCUT2D eigenvalue weighted by molar-refractivity contribution is 0.0904. The summed E-state index contributed by atoms with van der Waals surface area (Å²) in [5.41, 5.74) is 2.73. The Labute approximate surface area is 175 Å². The Hall–Kier alpha value is -1.64. The zero-order valence-electron chi connectivity index (χ0n) is 18.0. The van der Waals surface area contributed by atoms with E-state index in [9.17, 15) is 8.42 Å². The van der Waals surface area contributed by atoms with E-state index in [1.807, 2.05) is 13.8 Å². The molecule has 0 aromatic heterocycles. The fraction of sp³-hybridized carbons (Fsp3) is 0.667. The molecule has 3 rings (SSSR count). The normalized spacial score (nSPS) is 23.5. The third kappa shape index (κ3) is 5.71. The molecule has 0 amide bonds. The number of guanidine groups is 1. The number of nitrogens with one attached hydrogen (secondary N) is 1. The molecule has 1 aromatic carbocycles. The van der Waals surface area contributed by atoms with Gasteiger partial charge < -0.3 is 15.0 Å². The lowest BCUT2D eigenvalue weighted by Gasteiger charge is -2.36. The summed E-state index contributed by atoms with van der Waals surface area (Å²) in [5, 5.41) is 3.57. The highest BCUT2D eigenvalue weighted by Crippen LogP contribution is 2.42. The fourth-order valence-corrected chi connectivity index (χ4v) is 5.15. The van der Waals surface area contributed by atoms with Crippen molar-refractivity contribution in [2.45, 2.75) is 45.3 Å². The molecule has 2 atom stereocenters. The maximum atomic E-state index is 12.5. The van der Waals surface area contributed by atoms with E-state index in [0.717, 1.165) is 12.4 Å². The maximum Gasteiger partial charge on any atom is 0.216 e. The average molecular weight is 423 g/mol. The van der Waals surface area contributed by atoms with Gasteiger partial charge in [-0.1, -0.05) is 24.3 Å². The van der Waals surface area contributed by atoms with Gasteiger partial charge >= 0.3 is 0 Å². The molecule has 1 saturated heterocycles. The number of aryl methyl sites for hydroxylation is 1. The summed E-state index contributed by atoms with van der Waals surface area (Å²) in [5.74, 6) is 1.43. The van der Waals surface area contributed by atoms with Crippen LogP contribution in [0.3, 0.4) is 0 Å². The van der Waals surface area contributed by atoms with Crippen molar-refractivity contribution in [1.82, 2.24) is 14.5 Å². The molecular weight excluding hydrogens is 388 g/mol. The average Bonchev–Trinajstić information content (AvgIpc) is 3.45. The second kappa shape index (κ2) is 9.45. The van der Waals surface area contributed by atoms with E-state index in [1.54, 1.807) is 11.4 Å². The fourth-order valence-electron chi connectivity index (χ4n) is 3.86. The third-order valence-electron chi connectivity index (χ3n) is 5.63. The van der Waals surface area contributed by atoms with Crippen molar-refractivity contribution in [3.05, 3.63) is 35.4 Å². The van der Waals surface area contributed by atoms with Crippen molar-refractivity contribution in [2.24, 2.45) is 4.99 Å². The number of sulfonamides is 1. The molecule has 1 aliphatic carbocycles. The summed E-state index contributed by atoms with van der Waals surface area (Å²) in [6.45, 7) is 8.47. The van der Waals surface area contributed by atoms with Crippen molar-refractivity contribution in [1.29, 1.82) is 0 Å². The minimum atomic E-state index is -3.27. The van der Waals surface area contributed by atoms with Gasteiger partial charge in [0.2, 0.25) is 10.0 Å². The van der Waals surface area contributed by atoms with Crippen LogP contribution in [0.25, 0.3) is 0 Å². The highest BCUT2D eigenvalue weighted by Gasteiger charge is 2.40. The predicted molar refractivity (Wildman–Crippen MR) is 117 cm³/mol. The van der Waals surface area contributed by atoms with E-state index in [0.29, 0.717) is 38.1 Å². The second-order valence-corrected chi connectivity index (χ2v) is 10.2. The van der Waals surface area contributed by atoms with Gasteiger partial charge in [-0.25, -0.2) is 8.42 Å². The number of aliphatic imine (C=N–C) groups is 1. The van der Waals surface area contributed by atoms with Crippen molar-refractivity contribution in [3.8, 4) is 0 Å². The minimum Gasteiger partial charge on any atom is -0.378 e. The predicted octanol–water partition coefficient (Wildman–Crippen LogP) is 1.80. The smallest absolute Gasteiger partial charge is 0.216 e.